The first-order valence-corrected chi connectivity index (χ1v) is 7.13. The van der Waals surface area contributed by atoms with Crippen molar-refractivity contribution in [2.75, 3.05) is 31.2 Å². The minimum absolute atomic E-state index is 0. The highest BCUT2D eigenvalue weighted by molar-refractivity contribution is 5.85. The van der Waals surface area contributed by atoms with Crippen LogP contribution in [0, 0.1) is 0 Å². The Labute approximate surface area is 127 Å². The number of fused-ring (bicyclic) bond motifs is 1. The molecule has 1 atom stereocenters. The van der Waals surface area contributed by atoms with Gasteiger partial charge < -0.3 is 15.0 Å². The van der Waals surface area contributed by atoms with Gasteiger partial charge in [-0.25, -0.2) is 4.98 Å². The molecule has 0 spiro atoms. The Kier molecular flexibility index (Phi) is 4.57. The van der Waals surface area contributed by atoms with Crippen LogP contribution in [0.3, 0.4) is 0 Å². The van der Waals surface area contributed by atoms with Crippen molar-refractivity contribution in [1.29, 1.82) is 0 Å². The number of morpholine rings is 1. The molecule has 20 heavy (non-hydrogen) atoms. The monoisotopic (exact) mass is 297 g/mol. The minimum Gasteiger partial charge on any atom is -0.377 e. The minimum atomic E-state index is 0. The molecule has 2 aliphatic rings. The normalized spacial score (nSPS) is 24.8. The van der Waals surface area contributed by atoms with E-state index < -0.39 is 0 Å². The maximum absolute atomic E-state index is 5.51. The molecule has 1 N–H and O–H groups in total. The van der Waals surface area contributed by atoms with Gasteiger partial charge >= 0.3 is 0 Å². The van der Waals surface area contributed by atoms with Gasteiger partial charge in [0.05, 0.1) is 24.9 Å². The lowest BCUT2D eigenvalue weighted by Gasteiger charge is -2.37. The molecule has 5 heteroatoms. The van der Waals surface area contributed by atoms with E-state index in [0.29, 0.717) is 6.04 Å². The van der Waals surface area contributed by atoms with Crippen LogP contribution in [0.15, 0.2) is 12.1 Å². The Balaban J connectivity index is 0.00000147. The van der Waals surface area contributed by atoms with Gasteiger partial charge in [0.25, 0.3) is 0 Å². The topological polar surface area (TPSA) is 37.4 Å². The number of hydrogen-bond acceptors (Lipinski definition) is 4. The van der Waals surface area contributed by atoms with Crippen molar-refractivity contribution in [3.05, 3.63) is 23.4 Å². The molecule has 1 fully saturated rings. The van der Waals surface area contributed by atoms with Crippen molar-refractivity contribution in [1.82, 2.24) is 10.3 Å². The van der Waals surface area contributed by atoms with E-state index in [-0.39, 0.29) is 17.8 Å². The van der Waals surface area contributed by atoms with Crippen molar-refractivity contribution in [2.45, 2.75) is 38.8 Å². The van der Waals surface area contributed by atoms with E-state index in [1.54, 1.807) is 0 Å². The van der Waals surface area contributed by atoms with Crippen LogP contribution in [-0.4, -0.2) is 37.3 Å². The van der Waals surface area contributed by atoms with Gasteiger partial charge in [0.15, 0.2) is 0 Å². The van der Waals surface area contributed by atoms with Gasteiger partial charge in [-0.15, -0.1) is 12.4 Å². The molecule has 0 saturated carbocycles. The molecule has 3 rings (SSSR count). The molecule has 0 radical (unpaired) electrons. The van der Waals surface area contributed by atoms with Crippen molar-refractivity contribution in [2.24, 2.45) is 0 Å². The van der Waals surface area contributed by atoms with Crippen molar-refractivity contribution >= 4 is 18.2 Å². The second-order valence-corrected chi connectivity index (χ2v) is 6.28. The predicted octanol–water partition coefficient (Wildman–Crippen LogP) is 2.11. The van der Waals surface area contributed by atoms with Crippen LogP contribution >= 0.6 is 12.4 Å². The molecule has 0 aliphatic carbocycles. The zero-order chi connectivity index (χ0) is 13.5. The summed E-state index contributed by atoms with van der Waals surface area (Å²) in [5.74, 6) is 1.10. The SMILES string of the molecule is C[C@@H]1COCCN1c1ccc2c(n1)C(C)(C)CNC2.Cl. The van der Waals surface area contributed by atoms with Crippen molar-refractivity contribution in [3.8, 4) is 0 Å². The summed E-state index contributed by atoms with van der Waals surface area (Å²) in [5, 5.41) is 3.47. The van der Waals surface area contributed by atoms with E-state index >= 15 is 0 Å². The van der Waals surface area contributed by atoms with E-state index in [1.165, 1.54) is 11.3 Å². The highest BCUT2D eigenvalue weighted by Gasteiger charge is 2.30. The molecular weight excluding hydrogens is 274 g/mol. The van der Waals surface area contributed by atoms with Crippen molar-refractivity contribution in [3.63, 3.8) is 0 Å². The molecule has 1 aromatic rings. The third-order valence-corrected chi connectivity index (χ3v) is 4.15. The summed E-state index contributed by atoms with van der Waals surface area (Å²) in [5.41, 5.74) is 2.70. The Hall–Kier alpha value is -0.840. The number of pyridine rings is 1. The maximum Gasteiger partial charge on any atom is 0.129 e. The quantitative estimate of drug-likeness (QED) is 0.861. The van der Waals surface area contributed by atoms with Gasteiger partial charge in [-0.05, 0) is 18.6 Å². The lowest BCUT2D eigenvalue weighted by molar-refractivity contribution is 0.0985. The predicted molar refractivity (Wildman–Crippen MR) is 83.8 cm³/mol. The van der Waals surface area contributed by atoms with Gasteiger partial charge in [0, 0.05) is 25.0 Å². The standard InChI is InChI=1S/C15H23N3O.ClH/c1-11-9-19-7-6-18(11)13-5-4-12-8-16-10-15(2,3)14(12)17-13;/h4-5,11,16H,6-10H2,1-3H3;1H/t11-;/m1./s1. The summed E-state index contributed by atoms with van der Waals surface area (Å²) < 4.78 is 5.51. The van der Waals surface area contributed by atoms with Crippen LogP contribution in [0.1, 0.15) is 32.0 Å². The first kappa shape index (κ1) is 15.5. The molecule has 0 aromatic carbocycles. The Morgan fingerprint density at radius 3 is 2.95 bits per heavy atom. The third-order valence-electron chi connectivity index (χ3n) is 4.15. The fourth-order valence-electron chi connectivity index (χ4n) is 3.03. The fraction of sp³-hybridized carbons (Fsp3) is 0.667. The summed E-state index contributed by atoms with van der Waals surface area (Å²) in [4.78, 5) is 7.33. The zero-order valence-electron chi connectivity index (χ0n) is 12.5. The second kappa shape index (κ2) is 5.88. The molecule has 0 bridgehead atoms. The largest absolute Gasteiger partial charge is 0.377 e. The van der Waals surface area contributed by atoms with Gasteiger partial charge in [0.2, 0.25) is 0 Å². The van der Waals surface area contributed by atoms with Crippen LogP contribution in [-0.2, 0) is 16.7 Å². The number of rotatable bonds is 1. The van der Waals surface area contributed by atoms with E-state index in [0.717, 1.165) is 38.7 Å². The van der Waals surface area contributed by atoms with E-state index in [1.807, 2.05) is 0 Å². The number of nitrogens with zero attached hydrogens (tertiary/aromatic N) is 2. The molecular formula is C15H24ClN3O. The lowest BCUT2D eigenvalue weighted by atomic mass is 9.83. The average Bonchev–Trinajstić information content (AvgIpc) is 2.39. The average molecular weight is 298 g/mol. The summed E-state index contributed by atoms with van der Waals surface area (Å²) in [7, 11) is 0. The van der Waals surface area contributed by atoms with Crippen LogP contribution in [0.5, 0.6) is 0 Å². The molecule has 1 saturated heterocycles. The van der Waals surface area contributed by atoms with Crippen LogP contribution in [0.25, 0.3) is 0 Å². The third kappa shape index (κ3) is 2.78. The molecule has 112 valence electrons. The number of nitrogens with one attached hydrogen (secondary N) is 1. The molecule has 1 aromatic heterocycles. The summed E-state index contributed by atoms with van der Waals surface area (Å²) in [6.07, 6.45) is 0. The van der Waals surface area contributed by atoms with Crippen LogP contribution in [0.4, 0.5) is 5.82 Å². The zero-order valence-corrected chi connectivity index (χ0v) is 13.3. The number of hydrogen-bond donors (Lipinski definition) is 1. The molecule has 0 amide bonds. The highest BCUT2D eigenvalue weighted by Crippen LogP contribution is 2.30. The van der Waals surface area contributed by atoms with Crippen molar-refractivity contribution < 1.29 is 4.74 Å². The summed E-state index contributed by atoms with van der Waals surface area (Å²) in [6.45, 7) is 11.2. The summed E-state index contributed by atoms with van der Waals surface area (Å²) in [6, 6.07) is 4.79. The van der Waals surface area contributed by atoms with E-state index in [9.17, 15) is 0 Å². The smallest absolute Gasteiger partial charge is 0.129 e. The molecule has 3 heterocycles. The maximum atomic E-state index is 5.51. The second-order valence-electron chi connectivity index (χ2n) is 6.28. The fourth-order valence-corrected chi connectivity index (χ4v) is 3.03. The lowest BCUT2D eigenvalue weighted by Crippen LogP contribution is -2.45. The number of halogens is 1. The first-order chi connectivity index (χ1) is 9.08. The molecule has 2 aliphatic heterocycles. The van der Waals surface area contributed by atoms with Gasteiger partial charge in [-0.3, -0.25) is 0 Å². The summed E-state index contributed by atoms with van der Waals surface area (Å²) >= 11 is 0. The van der Waals surface area contributed by atoms with Gasteiger partial charge in [-0.1, -0.05) is 19.9 Å². The number of anilines is 1. The first-order valence-electron chi connectivity index (χ1n) is 7.13. The molecule has 4 nitrogen and oxygen atoms in total. The highest BCUT2D eigenvalue weighted by atomic mass is 35.5. The number of aromatic nitrogens is 1. The van der Waals surface area contributed by atoms with E-state index in [2.05, 4.69) is 43.1 Å². The Bertz CT molecular complexity index is 478. The molecule has 0 unspecified atom stereocenters. The number of ether oxygens (including phenoxy) is 1. The van der Waals surface area contributed by atoms with Crippen LogP contribution in [0.2, 0.25) is 0 Å². The van der Waals surface area contributed by atoms with E-state index in [4.69, 9.17) is 9.72 Å². The van der Waals surface area contributed by atoms with Crippen LogP contribution < -0.4 is 10.2 Å². The Morgan fingerprint density at radius 2 is 2.20 bits per heavy atom. The van der Waals surface area contributed by atoms with Gasteiger partial charge in [0.1, 0.15) is 5.82 Å². The Morgan fingerprint density at radius 1 is 1.40 bits per heavy atom. The van der Waals surface area contributed by atoms with Gasteiger partial charge in [-0.2, -0.15) is 0 Å².